The second-order valence-electron chi connectivity index (χ2n) is 6.32. The van der Waals surface area contributed by atoms with Gasteiger partial charge in [0.05, 0.1) is 6.04 Å². The number of carbonyl (C=O) groups is 5. The lowest BCUT2D eigenvalue weighted by atomic mass is 9.97. The van der Waals surface area contributed by atoms with Gasteiger partial charge in [-0.1, -0.05) is 20.3 Å². The Labute approximate surface area is 156 Å². The summed E-state index contributed by atoms with van der Waals surface area (Å²) >= 11 is 0. The van der Waals surface area contributed by atoms with Crippen molar-refractivity contribution in [3.05, 3.63) is 0 Å². The van der Waals surface area contributed by atoms with Gasteiger partial charge in [0.15, 0.2) is 0 Å². The molecule has 0 radical (unpaired) electrons. The van der Waals surface area contributed by atoms with E-state index in [1.807, 2.05) is 0 Å². The van der Waals surface area contributed by atoms with E-state index in [2.05, 4.69) is 10.6 Å². The predicted molar refractivity (Wildman–Crippen MR) is 94.2 cm³/mol. The summed E-state index contributed by atoms with van der Waals surface area (Å²) < 4.78 is 0. The molecule has 0 heterocycles. The molecule has 11 nitrogen and oxygen atoms in total. The van der Waals surface area contributed by atoms with Gasteiger partial charge in [-0.15, -0.1) is 0 Å². The van der Waals surface area contributed by atoms with Gasteiger partial charge in [-0.3, -0.25) is 19.2 Å². The van der Waals surface area contributed by atoms with E-state index in [0.717, 1.165) is 0 Å². The lowest BCUT2D eigenvalue weighted by Gasteiger charge is -2.26. The molecule has 0 aliphatic rings. The van der Waals surface area contributed by atoms with Crippen molar-refractivity contribution in [1.29, 1.82) is 0 Å². The highest BCUT2D eigenvalue weighted by atomic mass is 16.4. The first-order valence-electron chi connectivity index (χ1n) is 8.58. The molecule has 154 valence electrons. The molecule has 0 aliphatic heterocycles. The van der Waals surface area contributed by atoms with Crippen LogP contribution in [0.1, 0.15) is 46.0 Å². The quantitative estimate of drug-likeness (QED) is 0.220. The van der Waals surface area contributed by atoms with E-state index in [1.54, 1.807) is 13.8 Å². The molecule has 0 aromatic rings. The molecule has 0 rings (SSSR count). The Morgan fingerprint density at radius 2 is 1.56 bits per heavy atom. The molecule has 8 N–H and O–H groups in total. The van der Waals surface area contributed by atoms with Crippen molar-refractivity contribution in [1.82, 2.24) is 10.6 Å². The van der Waals surface area contributed by atoms with Crippen LogP contribution in [-0.2, 0) is 24.0 Å². The number of amides is 3. The van der Waals surface area contributed by atoms with Crippen LogP contribution in [0.5, 0.6) is 0 Å². The van der Waals surface area contributed by atoms with Crippen molar-refractivity contribution in [2.45, 2.75) is 64.1 Å². The van der Waals surface area contributed by atoms with Crippen LogP contribution in [0.4, 0.5) is 0 Å². The minimum atomic E-state index is -1.40. The van der Waals surface area contributed by atoms with Crippen molar-refractivity contribution in [2.75, 3.05) is 0 Å². The molecule has 4 atom stereocenters. The number of carboxylic acid groups (broad SMARTS) is 2. The van der Waals surface area contributed by atoms with Crippen molar-refractivity contribution in [2.24, 2.45) is 17.4 Å². The van der Waals surface area contributed by atoms with Crippen LogP contribution < -0.4 is 22.1 Å². The fraction of sp³-hybridized carbons (Fsp3) is 0.688. The maximum atomic E-state index is 12.5. The average molecular weight is 388 g/mol. The Kier molecular flexibility index (Phi) is 10.7. The number of primary amides is 1. The number of carboxylic acids is 2. The second-order valence-corrected chi connectivity index (χ2v) is 6.32. The van der Waals surface area contributed by atoms with E-state index >= 15 is 0 Å². The summed E-state index contributed by atoms with van der Waals surface area (Å²) in [5.41, 5.74) is 10.7. The van der Waals surface area contributed by atoms with Gasteiger partial charge in [-0.2, -0.15) is 0 Å². The number of nitrogens with one attached hydrogen (secondary N) is 2. The maximum Gasteiger partial charge on any atom is 0.326 e. The molecule has 0 saturated heterocycles. The van der Waals surface area contributed by atoms with Gasteiger partial charge in [-0.05, 0) is 18.8 Å². The summed E-state index contributed by atoms with van der Waals surface area (Å²) in [5, 5.41) is 22.5. The third kappa shape index (κ3) is 9.54. The minimum absolute atomic E-state index is 0.00632. The number of aliphatic carboxylic acids is 2. The molecule has 27 heavy (non-hydrogen) atoms. The van der Waals surface area contributed by atoms with Gasteiger partial charge in [0.1, 0.15) is 12.1 Å². The Hall–Kier alpha value is -2.69. The lowest BCUT2D eigenvalue weighted by Crippen LogP contribution is -2.56. The first-order valence-corrected chi connectivity index (χ1v) is 8.58. The molecule has 0 saturated carbocycles. The molecular weight excluding hydrogens is 360 g/mol. The van der Waals surface area contributed by atoms with Gasteiger partial charge >= 0.3 is 11.9 Å². The van der Waals surface area contributed by atoms with E-state index in [1.165, 1.54) is 0 Å². The minimum Gasteiger partial charge on any atom is -0.481 e. The van der Waals surface area contributed by atoms with Gasteiger partial charge in [0, 0.05) is 12.8 Å². The maximum absolute atomic E-state index is 12.5. The van der Waals surface area contributed by atoms with Crippen LogP contribution >= 0.6 is 0 Å². The van der Waals surface area contributed by atoms with E-state index < -0.39 is 54.2 Å². The molecule has 0 unspecified atom stereocenters. The summed E-state index contributed by atoms with van der Waals surface area (Å²) in [6, 6.07) is -3.52. The largest absolute Gasteiger partial charge is 0.481 e. The van der Waals surface area contributed by atoms with Crippen LogP contribution in [-0.4, -0.2) is 58.0 Å². The van der Waals surface area contributed by atoms with Gasteiger partial charge in [-0.25, -0.2) is 4.79 Å². The van der Waals surface area contributed by atoms with Crippen LogP contribution in [0, 0.1) is 5.92 Å². The highest BCUT2D eigenvalue weighted by Crippen LogP contribution is 2.10. The molecule has 0 fully saturated rings. The SMILES string of the molecule is CC[C@H](C)[C@H](NC(=O)[C@@H](N)CCC(N)=O)C(=O)N[C@@H](CCC(=O)O)C(=O)O. The number of nitrogens with two attached hydrogens (primary N) is 2. The highest BCUT2D eigenvalue weighted by Gasteiger charge is 2.31. The first kappa shape index (κ1) is 24.3. The zero-order valence-electron chi connectivity index (χ0n) is 15.4. The monoisotopic (exact) mass is 388 g/mol. The van der Waals surface area contributed by atoms with Crippen LogP contribution in [0.2, 0.25) is 0 Å². The number of hydrogen-bond acceptors (Lipinski definition) is 6. The van der Waals surface area contributed by atoms with Crippen molar-refractivity contribution in [3.63, 3.8) is 0 Å². The molecular formula is C16H28N4O7. The smallest absolute Gasteiger partial charge is 0.326 e. The number of hydrogen-bond donors (Lipinski definition) is 6. The van der Waals surface area contributed by atoms with E-state index in [4.69, 9.17) is 21.7 Å². The van der Waals surface area contributed by atoms with Crippen molar-refractivity contribution < 1.29 is 34.2 Å². The number of rotatable bonds is 13. The summed E-state index contributed by atoms with van der Waals surface area (Å²) in [4.78, 5) is 57.3. The summed E-state index contributed by atoms with van der Waals surface area (Å²) in [5.74, 6) is -4.95. The molecule has 0 aromatic heterocycles. The summed E-state index contributed by atoms with van der Waals surface area (Å²) in [6.45, 7) is 3.47. The molecule has 0 bridgehead atoms. The average Bonchev–Trinajstić information content (AvgIpc) is 2.59. The zero-order chi connectivity index (χ0) is 21.1. The van der Waals surface area contributed by atoms with Crippen LogP contribution in [0.3, 0.4) is 0 Å². The molecule has 0 aromatic carbocycles. The Morgan fingerprint density at radius 1 is 0.963 bits per heavy atom. The predicted octanol–water partition coefficient (Wildman–Crippen LogP) is -1.46. The second kappa shape index (κ2) is 11.8. The Morgan fingerprint density at radius 3 is 2.00 bits per heavy atom. The van der Waals surface area contributed by atoms with E-state index in [0.29, 0.717) is 6.42 Å². The first-order chi connectivity index (χ1) is 12.5. The topological polar surface area (TPSA) is 202 Å². The van der Waals surface area contributed by atoms with Crippen LogP contribution in [0.25, 0.3) is 0 Å². The fourth-order valence-electron chi connectivity index (χ4n) is 2.18. The van der Waals surface area contributed by atoms with Crippen molar-refractivity contribution >= 4 is 29.7 Å². The van der Waals surface area contributed by atoms with E-state index in [-0.39, 0.29) is 25.2 Å². The Bertz CT molecular complexity index is 567. The lowest BCUT2D eigenvalue weighted by molar-refractivity contribution is -0.143. The third-order valence-electron chi connectivity index (χ3n) is 4.09. The van der Waals surface area contributed by atoms with Crippen LogP contribution in [0.15, 0.2) is 0 Å². The molecule has 0 spiro atoms. The van der Waals surface area contributed by atoms with Gasteiger partial charge in [0.2, 0.25) is 17.7 Å². The Balaban J connectivity index is 5.07. The third-order valence-corrected chi connectivity index (χ3v) is 4.09. The fourth-order valence-corrected chi connectivity index (χ4v) is 2.18. The van der Waals surface area contributed by atoms with Gasteiger partial charge < -0.3 is 32.3 Å². The number of carbonyl (C=O) groups excluding carboxylic acids is 3. The summed E-state index contributed by atoms with van der Waals surface area (Å²) in [6.07, 6.45) is -0.315. The molecule has 3 amide bonds. The standard InChI is InChI=1S/C16H28N4O7/c1-3-8(2)13(20-14(24)9(17)4-6-11(18)21)15(25)19-10(16(26)27)5-7-12(22)23/h8-10,13H,3-7,17H2,1-2H3,(H2,18,21)(H,19,25)(H,20,24)(H,22,23)(H,26,27)/t8-,9-,10-,13-/m0/s1. The molecule has 0 aliphatic carbocycles. The van der Waals surface area contributed by atoms with Crippen molar-refractivity contribution in [3.8, 4) is 0 Å². The summed E-state index contributed by atoms with van der Waals surface area (Å²) in [7, 11) is 0. The molecule has 11 heteroatoms. The van der Waals surface area contributed by atoms with E-state index in [9.17, 15) is 24.0 Å². The zero-order valence-corrected chi connectivity index (χ0v) is 15.4. The van der Waals surface area contributed by atoms with Gasteiger partial charge in [0.25, 0.3) is 0 Å². The normalized spacial score (nSPS) is 15.1. The highest BCUT2D eigenvalue weighted by molar-refractivity contribution is 5.92.